The van der Waals surface area contributed by atoms with Crippen molar-refractivity contribution in [2.45, 2.75) is 34.6 Å². The van der Waals surface area contributed by atoms with Crippen LogP contribution in [0.5, 0.6) is 0 Å². The number of hydrogen-bond acceptors (Lipinski definition) is 3. The lowest BCUT2D eigenvalue weighted by atomic mass is 10.0. The zero-order chi connectivity index (χ0) is 16.3. The van der Waals surface area contributed by atoms with E-state index in [4.69, 9.17) is 9.51 Å². The number of benzene rings is 1. The van der Waals surface area contributed by atoms with Crippen LogP contribution in [0.25, 0.3) is 27.9 Å². The summed E-state index contributed by atoms with van der Waals surface area (Å²) >= 11 is 0. The molecule has 4 rings (SSSR count). The van der Waals surface area contributed by atoms with Gasteiger partial charge in [0, 0.05) is 17.3 Å². The highest BCUT2D eigenvalue weighted by Crippen LogP contribution is 2.32. The van der Waals surface area contributed by atoms with Gasteiger partial charge >= 0.3 is 0 Å². The summed E-state index contributed by atoms with van der Waals surface area (Å²) < 4.78 is 7.73. The largest absolute Gasteiger partial charge is 0.377 e. The maximum absolute atomic E-state index is 5.90. The van der Waals surface area contributed by atoms with Gasteiger partial charge < -0.3 is 4.52 Å². The third kappa shape index (κ3) is 1.98. The maximum atomic E-state index is 5.90. The van der Waals surface area contributed by atoms with Gasteiger partial charge in [-0.1, -0.05) is 17.2 Å². The van der Waals surface area contributed by atoms with Gasteiger partial charge in [0.25, 0.3) is 0 Å². The van der Waals surface area contributed by atoms with Gasteiger partial charge in [0.05, 0.1) is 5.69 Å². The molecule has 23 heavy (non-hydrogen) atoms. The van der Waals surface area contributed by atoms with E-state index in [1.54, 1.807) is 0 Å². The van der Waals surface area contributed by atoms with Crippen LogP contribution in [-0.2, 0) is 0 Å². The van der Waals surface area contributed by atoms with E-state index in [0.717, 1.165) is 44.8 Å². The highest BCUT2D eigenvalue weighted by Gasteiger charge is 2.19. The van der Waals surface area contributed by atoms with Gasteiger partial charge in [0.1, 0.15) is 16.8 Å². The normalized spacial score (nSPS) is 11.7. The van der Waals surface area contributed by atoms with Gasteiger partial charge in [-0.25, -0.2) is 4.98 Å². The molecule has 0 aliphatic rings. The minimum atomic E-state index is 0.874. The summed E-state index contributed by atoms with van der Waals surface area (Å²) in [5.74, 6) is 0.901. The summed E-state index contributed by atoms with van der Waals surface area (Å²) in [6.07, 6.45) is 1.90. The summed E-state index contributed by atoms with van der Waals surface area (Å²) in [5.41, 5.74) is 9.38. The molecule has 0 N–H and O–H groups in total. The Labute approximate surface area is 134 Å². The standard InChI is InChI=1S/C19H19N3O/c1-10-6-11(2)8-15(7-10)16-17-18(12(3)9-20-16)22-19(21-17)13(4)14(5)23-22/h6-9H,1-5H3. The van der Waals surface area contributed by atoms with Crippen LogP contribution in [-0.4, -0.2) is 14.5 Å². The quantitative estimate of drug-likeness (QED) is 0.512. The molecule has 0 aliphatic carbocycles. The molecule has 0 saturated heterocycles. The molecular formula is C19H19N3O. The summed E-state index contributed by atoms with van der Waals surface area (Å²) in [7, 11) is 0. The van der Waals surface area contributed by atoms with Crippen molar-refractivity contribution in [1.29, 1.82) is 0 Å². The lowest BCUT2D eigenvalue weighted by Gasteiger charge is -2.06. The van der Waals surface area contributed by atoms with Crippen molar-refractivity contribution in [3.05, 3.63) is 52.4 Å². The molecule has 4 heteroatoms. The van der Waals surface area contributed by atoms with E-state index in [0.29, 0.717) is 0 Å². The zero-order valence-electron chi connectivity index (χ0n) is 14.1. The molecule has 0 bridgehead atoms. The first-order chi connectivity index (χ1) is 11.0. The number of aryl methyl sites for hydroxylation is 5. The van der Waals surface area contributed by atoms with E-state index in [-0.39, 0.29) is 0 Å². The Morgan fingerprint density at radius 3 is 2.35 bits per heavy atom. The van der Waals surface area contributed by atoms with Gasteiger partial charge in [-0.15, -0.1) is 0 Å². The van der Waals surface area contributed by atoms with Crippen molar-refractivity contribution < 1.29 is 4.52 Å². The Kier molecular flexibility index (Phi) is 2.85. The molecule has 4 nitrogen and oxygen atoms in total. The second-order valence-electron chi connectivity index (χ2n) is 6.37. The van der Waals surface area contributed by atoms with Gasteiger partial charge in [0.2, 0.25) is 0 Å². The predicted molar refractivity (Wildman–Crippen MR) is 91.9 cm³/mol. The minimum absolute atomic E-state index is 0.874. The molecule has 1 aromatic carbocycles. The molecule has 0 spiro atoms. The van der Waals surface area contributed by atoms with E-state index < -0.39 is 0 Å². The SMILES string of the molecule is Cc1cc(C)cc(-c2ncc(C)c3c2nc2c(C)c(C)on23)c1. The molecule has 0 saturated carbocycles. The van der Waals surface area contributed by atoms with Crippen molar-refractivity contribution in [1.82, 2.24) is 14.5 Å². The van der Waals surface area contributed by atoms with Crippen molar-refractivity contribution in [3.63, 3.8) is 0 Å². The Morgan fingerprint density at radius 1 is 0.957 bits per heavy atom. The van der Waals surface area contributed by atoms with Gasteiger partial charge in [-0.05, 0) is 52.3 Å². The molecule has 3 aromatic heterocycles. The fraction of sp³-hybridized carbons (Fsp3) is 0.263. The maximum Gasteiger partial charge on any atom is 0.176 e. The topological polar surface area (TPSA) is 43.3 Å². The molecule has 0 unspecified atom stereocenters. The van der Waals surface area contributed by atoms with Crippen molar-refractivity contribution >= 4 is 16.7 Å². The Bertz CT molecular complexity index is 1050. The fourth-order valence-electron chi connectivity index (χ4n) is 3.21. The Balaban J connectivity index is 2.12. The molecular weight excluding hydrogens is 286 g/mol. The summed E-state index contributed by atoms with van der Waals surface area (Å²) in [6.45, 7) is 10.3. The average molecular weight is 305 g/mol. The molecule has 0 aliphatic heterocycles. The fourth-order valence-corrected chi connectivity index (χ4v) is 3.21. The average Bonchev–Trinajstić information content (AvgIpc) is 2.97. The Hall–Kier alpha value is -2.62. The molecule has 0 amide bonds. The van der Waals surface area contributed by atoms with Crippen molar-refractivity contribution in [2.75, 3.05) is 0 Å². The molecule has 4 aromatic rings. The molecule has 0 atom stereocenters. The van der Waals surface area contributed by atoms with Crippen LogP contribution in [0.3, 0.4) is 0 Å². The number of pyridine rings is 1. The highest BCUT2D eigenvalue weighted by molar-refractivity contribution is 5.94. The van der Waals surface area contributed by atoms with Crippen LogP contribution in [0.1, 0.15) is 28.0 Å². The summed E-state index contributed by atoms with van der Waals surface area (Å²) in [4.78, 5) is 9.51. The predicted octanol–water partition coefficient (Wildman–Crippen LogP) is 4.68. The Morgan fingerprint density at radius 2 is 1.65 bits per heavy atom. The molecule has 0 radical (unpaired) electrons. The third-order valence-corrected chi connectivity index (χ3v) is 4.41. The van der Waals surface area contributed by atoms with Crippen LogP contribution in [0.4, 0.5) is 0 Å². The van der Waals surface area contributed by atoms with E-state index in [1.165, 1.54) is 11.1 Å². The second-order valence-corrected chi connectivity index (χ2v) is 6.37. The first-order valence-corrected chi connectivity index (χ1v) is 7.78. The monoisotopic (exact) mass is 305 g/mol. The van der Waals surface area contributed by atoms with E-state index in [1.807, 2.05) is 31.5 Å². The lowest BCUT2D eigenvalue weighted by molar-refractivity contribution is 0.367. The summed E-state index contributed by atoms with van der Waals surface area (Å²) in [5, 5.41) is 0. The van der Waals surface area contributed by atoms with Gasteiger partial charge in [0.15, 0.2) is 5.65 Å². The molecule has 3 heterocycles. The number of imidazole rings is 1. The number of rotatable bonds is 1. The van der Waals surface area contributed by atoms with Crippen LogP contribution in [0.15, 0.2) is 28.9 Å². The second kappa shape index (κ2) is 4.69. The molecule has 0 fully saturated rings. The minimum Gasteiger partial charge on any atom is -0.377 e. The van der Waals surface area contributed by atoms with E-state index in [2.05, 4.69) is 37.0 Å². The van der Waals surface area contributed by atoms with Gasteiger partial charge in [-0.2, -0.15) is 4.57 Å². The number of hydrogen-bond donors (Lipinski definition) is 0. The lowest BCUT2D eigenvalue weighted by Crippen LogP contribution is -1.91. The summed E-state index contributed by atoms with van der Waals surface area (Å²) in [6, 6.07) is 6.48. The first kappa shape index (κ1) is 14.0. The van der Waals surface area contributed by atoms with Crippen LogP contribution < -0.4 is 0 Å². The third-order valence-electron chi connectivity index (χ3n) is 4.41. The van der Waals surface area contributed by atoms with Crippen molar-refractivity contribution in [2.24, 2.45) is 0 Å². The number of aromatic nitrogens is 3. The van der Waals surface area contributed by atoms with E-state index in [9.17, 15) is 0 Å². The molecule has 116 valence electrons. The van der Waals surface area contributed by atoms with Crippen LogP contribution >= 0.6 is 0 Å². The van der Waals surface area contributed by atoms with Crippen LogP contribution in [0.2, 0.25) is 0 Å². The van der Waals surface area contributed by atoms with E-state index >= 15 is 0 Å². The first-order valence-electron chi connectivity index (χ1n) is 7.78. The number of fused-ring (bicyclic) bond motifs is 3. The highest BCUT2D eigenvalue weighted by atomic mass is 16.5. The van der Waals surface area contributed by atoms with Crippen LogP contribution in [0, 0.1) is 34.6 Å². The smallest absolute Gasteiger partial charge is 0.176 e. The van der Waals surface area contributed by atoms with Gasteiger partial charge in [-0.3, -0.25) is 4.98 Å². The number of nitrogens with zero attached hydrogens (tertiary/aromatic N) is 3. The van der Waals surface area contributed by atoms with Crippen molar-refractivity contribution in [3.8, 4) is 11.3 Å². The zero-order valence-corrected chi connectivity index (χ0v) is 14.1.